The molecule has 0 radical (unpaired) electrons. The van der Waals surface area contributed by atoms with Crippen molar-refractivity contribution in [1.29, 1.82) is 0 Å². The normalized spacial score (nSPS) is 23.1. The van der Waals surface area contributed by atoms with Crippen LogP contribution in [0.25, 0.3) is 11.4 Å². The lowest BCUT2D eigenvalue weighted by atomic mass is 9.76. The predicted molar refractivity (Wildman–Crippen MR) is 122 cm³/mol. The summed E-state index contributed by atoms with van der Waals surface area (Å²) in [6, 6.07) is 12.2. The van der Waals surface area contributed by atoms with E-state index in [2.05, 4.69) is 15.5 Å². The fourth-order valence-corrected chi connectivity index (χ4v) is 5.09. The number of urea groups is 1. The van der Waals surface area contributed by atoms with E-state index in [-0.39, 0.29) is 37.1 Å². The first-order valence-electron chi connectivity index (χ1n) is 11.6. The van der Waals surface area contributed by atoms with Gasteiger partial charge in [0.15, 0.2) is 11.5 Å². The number of methoxy groups -OCH3 is 1. The van der Waals surface area contributed by atoms with Gasteiger partial charge in [-0.25, -0.2) is 4.79 Å². The van der Waals surface area contributed by atoms with Gasteiger partial charge in [0.05, 0.1) is 19.6 Å². The number of benzene rings is 2. The summed E-state index contributed by atoms with van der Waals surface area (Å²) in [7, 11) is 1.57. The highest BCUT2D eigenvalue weighted by molar-refractivity contribution is 5.98. The van der Waals surface area contributed by atoms with E-state index >= 15 is 0 Å². The Bertz CT molecular complexity index is 1290. The first kappa shape index (κ1) is 21.5. The molecule has 2 aromatic carbocycles. The number of hydrogen-bond acceptors (Lipinski definition) is 8. The monoisotopic (exact) mass is 476 g/mol. The summed E-state index contributed by atoms with van der Waals surface area (Å²) in [4.78, 5) is 32.0. The number of imide groups is 1. The van der Waals surface area contributed by atoms with Crippen LogP contribution < -0.4 is 19.5 Å². The first-order chi connectivity index (χ1) is 17.1. The zero-order valence-electron chi connectivity index (χ0n) is 19.1. The van der Waals surface area contributed by atoms with Crippen LogP contribution in [0.4, 0.5) is 4.79 Å². The van der Waals surface area contributed by atoms with Gasteiger partial charge in [0.1, 0.15) is 5.75 Å². The van der Waals surface area contributed by atoms with Crippen molar-refractivity contribution >= 4 is 11.9 Å². The van der Waals surface area contributed by atoms with E-state index < -0.39 is 6.03 Å². The molecule has 2 aliphatic heterocycles. The van der Waals surface area contributed by atoms with Gasteiger partial charge in [-0.3, -0.25) is 9.69 Å². The van der Waals surface area contributed by atoms with Crippen LogP contribution in [0, 0.1) is 5.92 Å². The van der Waals surface area contributed by atoms with Crippen molar-refractivity contribution in [2.75, 3.05) is 13.9 Å². The average Bonchev–Trinajstić information content (AvgIpc) is 3.56. The van der Waals surface area contributed by atoms with E-state index in [0.717, 1.165) is 11.1 Å². The van der Waals surface area contributed by atoms with Gasteiger partial charge in [-0.05, 0) is 43.5 Å². The van der Waals surface area contributed by atoms with Crippen LogP contribution in [0.2, 0.25) is 0 Å². The third-order valence-corrected chi connectivity index (χ3v) is 6.93. The summed E-state index contributed by atoms with van der Waals surface area (Å²) in [6.45, 7) is 0.367. The summed E-state index contributed by atoms with van der Waals surface area (Å²) in [5.74, 6) is 2.48. The number of rotatable bonds is 5. The highest BCUT2D eigenvalue weighted by atomic mass is 16.7. The Kier molecular flexibility index (Phi) is 5.28. The molecular formula is C25H24N4O6. The quantitative estimate of drug-likeness (QED) is 0.595. The van der Waals surface area contributed by atoms with Gasteiger partial charge in [-0.2, -0.15) is 4.98 Å². The molecule has 1 aromatic heterocycles. The summed E-state index contributed by atoms with van der Waals surface area (Å²) in [5, 5.41) is 7.17. The topological polar surface area (TPSA) is 116 Å². The van der Waals surface area contributed by atoms with Gasteiger partial charge in [0.2, 0.25) is 24.4 Å². The lowest BCUT2D eigenvalue weighted by molar-refractivity contribution is -0.137. The Morgan fingerprint density at radius 3 is 2.86 bits per heavy atom. The minimum Gasteiger partial charge on any atom is -0.496 e. The van der Waals surface area contributed by atoms with E-state index in [0.29, 0.717) is 48.2 Å². The Labute approximate surface area is 201 Å². The number of amides is 3. The molecule has 6 rings (SSSR count). The van der Waals surface area contributed by atoms with Gasteiger partial charge < -0.3 is 24.1 Å². The molecule has 1 saturated carbocycles. The summed E-state index contributed by atoms with van der Waals surface area (Å²) >= 11 is 0. The number of hydrogen-bond donors (Lipinski definition) is 1. The number of aromatic nitrogens is 2. The molecule has 2 fully saturated rings. The van der Waals surface area contributed by atoms with Gasteiger partial charge in [0, 0.05) is 23.1 Å². The molecule has 35 heavy (non-hydrogen) atoms. The van der Waals surface area contributed by atoms with Crippen LogP contribution in [0.5, 0.6) is 17.2 Å². The Balaban J connectivity index is 1.15. The number of fused-ring (bicyclic) bond motifs is 2. The van der Waals surface area contributed by atoms with Crippen molar-refractivity contribution in [3.63, 3.8) is 0 Å². The molecule has 3 atom stereocenters. The highest BCUT2D eigenvalue weighted by Crippen LogP contribution is 2.40. The van der Waals surface area contributed by atoms with Crippen LogP contribution in [0.15, 0.2) is 47.0 Å². The standard InChI is InChI=1S/C25H24N4O6/c1-32-19-5-3-2-4-16(19)12-29-24(30)17-8-6-15(10-18(17)26-25(29)31)23-27-22(28-35-23)14-7-9-20-21(11-14)34-13-33-20/h2-5,7,9,11,15,17-18H,6,8,10,12-13H2,1H3,(H,26,31). The molecule has 0 bridgehead atoms. The van der Waals surface area contributed by atoms with Crippen LogP contribution in [-0.2, 0) is 11.3 Å². The molecule has 10 heteroatoms. The Hall–Kier alpha value is -4.08. The van der Waals surface area contributed by atoms with Crippen molar-refractivity contribution < 1.29 is 28.3 Å². The third-order valence-electron chi connectivity index (χ3n) is 6.93. The van der Waals surface area contributed by atoms with E-state index in [9.17, 15) is 9.59 Å². The number of nitrogens with one attached hydrogen (secondary N) is 1. The molecule has 10 nitrogen and oxygen atoms in total. The van der Waals surface area contributed by atoms with Crippen molar-refractivity contribution in [2.45, 2.75) is 37.8 Å². The first-order valence-corrected chi connectivity index (χ1v) is 11.6. The largest absolute Gasteiger partial charge is 0.496 e. The second-order valence-corrected chi connectivity index (χ2v) is 8.93. The van der Waals surface area contributed by atoms with E-state index in [1.807, 2.05) is 42.5 Å². The molecule has 3 aliphatic rings. The van der Waals surface area contributed by atoms with Crippen LogP contribution in [0.3, 0.4) is 0 Å². The van der Waals surface area contributed by atoms with Gasteiger partial charge in [-0.15, -0.1) is 0 Å². The van der Waals surface area contributed by atoms with Crippen molar-refractivity contribution in [3.05, 3.63) is 53.9 Å². The molecule has 3 amide bonds. The fraction of sp³-hybridized carbons (Fsp3) is 0.360. The molecular weight excluding hydrogens is 452 g/mol. The summed E-state index contributed by atoms with van der Waals surface area (Å²) in [5.41, 5.74) is 1.55. The Morgan fingerprint density at radius 2 is 1.97 bits per heavy atom. The number of nitrogens with zero attached hydrogens (tertiary/aromatic N) is 3. The number of ether oxygens (including phenoxy) is 3. The van der Waals surface area contributed by atoms with E-state index in [1.165, 1.54) is 4.90 Å². The maximum Gasteiger partial charge on any atom is 0.324 e. The zero-order valence-corrected chi connectivity index (χ0v) is 19.1. The van der Waals surface area contributed by atoms with Crippen LogP contribution in [0.1, 0.15) is 36.6 Å². The number of para-hydroxylation sites is 1. The maximum absolute atomic E-state index is 13.3. The molecule has 3 heterocycles. The van der Waals surface area contributed by atoms with Gasteiger partial charge in [0.25, 0.3) is 0 Å². The van der Waals surface area contributed by atoms with Gasteiger partial charge in [-0.1, -0.05) is 23.4 Å². The van der Waals surface area contributed by atoms with E-state index in [4.69, 9.17) is 18.7 Å². The molecule has 0 spiro atoms. The third kappa shape index (κ3) is 3.84. The maximum atomic E-state index is 13.3. The second kappa shape index (κ2) is 8.61. The molecule has 180 valence electrons. The minimum absolute atomic E-state index is 0.0413. The molecule has 3 unspecified atom stereocenters. The second-order valence-electron chi connectivity index (χ2n) is 8.93. The number of carbonyl (C=O) groups is 2. The van der Waals surface area contributed by atoms with Crippen molar-refractivity contribution in [1.82, 2.24) is 20.4 Å². The minimum atomic E-state index is -0.394. The lowest BCUT2D eigenvalue weighted by Crippen LogP contribution is -2.60. The highest BCUT2D eigenvalue weighted by Gasteiger charge is 2.45. The summed E-state index contributed by atoms with van der Waals surface area (Å²) < 4.78 is 21.7. The Morgan fingerprint density at radius 1 is 1.11 bits per heavy atom. The zero-order chi connectivity index (χ0) is 23.9. The lowest BCUT2D eigenvalue weighted by Gasteiger charge is -2.41. The molecule has 1 saturated heterocycles. The summed E-state index contributed by atoms with van der Waals surface area (Å²) in [6.07, 6.45) is 1.90. The van der Waals surface area contributed by atoms with E-state index in [1.54, 1.807) is 7.11 Å². The van der Waals surface area contributed by atoms with Crippen LogP contribution >= 0.6 is 0 Å². The number of carbonyl (C=O) groups excluding carboxylic acids is 2. The fourth-order valence-electron chi connectivity index (χ4n) is 5.09. The van der Waals surface area contributed by atoms with Crippen molar-refractivity contribution in [2.24, 2.45) is 5.92 Å². The molecule has 3 aromatic rings. The predicted octanol–water partition coefficient (Wildman–Crippen LogP) is 3.48. The molecule has 1 aliphatic carbocycles. The average molecular weight is 476 g/mol. The SMILES string of the molecule is COc1ccccc1CN1C(=O)NC2CC(c3nc(-c4ccc5c(c4)OCO5)no3)CCC2C1=O. The van der Waals surface area contributed by atoms with Crippen LogP contribution in [-0.4, -0.2) is 46.9 Å². The van der Waals surface area contributed by atoms with Crippen molar-refractivity contribution in [3.8, 4) is 28.6 Å². The molecule has 1 N–H and O–H groups in total. The van der Waals surface area contributed by atoms with Gasteiger partial charge >= 0.3 is 6.03 Å². The smallest absolute Gasteiger partial charge is 0.324 e.